The Kier molecular flexibility index (Phi) is 6.77. The molecule has 3 heterocycles. The molecule has 1 aliphatic carbocycles. The second kappa shape index (κ2) is 10.1. The van der Waals surface area contributed by atoms with Crippen molar-refractivity contribution in [2.75, 3.05) is 20.2 Å². The molecule has 1 unspecified atom stereocenters. The Morgan fingerprint density at radius 1 is 1.22 bits per heavy atom. The van der Waals surface area contributed by atoms with Crippen LogP contribution in [-0.4, -0.2) is 65.1 Å². The summed E-state index contributed by atoms with van der Waals surface area (Å²) in [4.78, 5) is 43.3. The number of esters is 1. The molecule has 1 saturated heterocycles. The Hall–Kier alpha value is -3.66. The predicted molar refractivity (Wildman–Crippen MR) is 131 cm³/mol. The Bertz CT molecular complexity index is 1250. The van der Waals surface area contributed by atoms with Crippen molar-refractivity contribution in [1.82, 2.24) is 20.4 Å². The molecule has 5 rings (SSSR count). The van der Waals surface area contributed by atoms with Crippen molar-refractivity contribution in [1.29, 1.82) is 0 Å². The van der Waals surface area contributed by atoms with Gasteiger partial charge in [-0.15, -0.1) is 0 Å². The van der Waals surface area contributed by atoms with E-state index >= 15 is 0 Å². The van der Waals surface area contributed by atoms with Crippen molar-refractivity contribution in [2.24, 2.45) is 11.7 Å². The van der Waals surface area contributed by atoms with Crippen molar-refractivity contribution >= 4 is 28.7 Å². The van der Waals surface area contributed by atoms with Gasteiger partial charge in [-0.25, -0.2) is 4.79 Å². The van der Waals surface area contributed by atoms with Gasteiger partial charge in [0.15, 0.2) is 5.69 Å². The van der Waals surface area contributed by atoms with Crippen LogP contribution in [0.1, 0.15) is 53.4 Å². The lowest BCUT2D eigenvalue weighted by Crippen LogP contribution is -2.53. The summed E-state index contributed by atoms with van der Waals surface area (Å²) in [6.45, 7) is 0.897. The van der Waals surface area contributed by atoms with Gasteiger partial charge in [0, 0.05) is 42.2 Å². The number of nitrogens with one attached hydrogen (secondary N) is 2. The van der Waals surface area contributed by atoms with Crippen LogP contribution >= 0.6 is 0 Å². The molecule has 2 aliphatic rings. The lowest BCUT2D eigenvalue weighted by atomic mass is 9.88. The van der Waals surface area contributed by atoms with E-state index in [-0.39, 0.29) is 17.5 Å². The SMILES string of the molecule is COC(=O)C(NC(=O)c1cc(C2CC2)on1)C1CCN(C(=O)[C@@H](N)Cc2c[nH]c3ccccc23)CC1. The molecule has 0 spiro atoms. The zero-order valence-electron chi connectivity index (χ0n) is 20.2. The molecule has 3 aromatic rings. The standard InChI is InChI=1S/C26H31N5O5/c1-35-26(34)23(29-24(32)21-13-22(36-30-21)15-6-7-15)16-8-10-31(11-9-16)25(33)19(27)12-17-14-28-20-5-3-2-4-18(17)20/h2-5,13-16,19,23,28H,6-12,27H2,1H3,(H,29,32)/t19-,23?/m0/s1. The average molecular weight is 494 g/mol. The van der Waals surface area contributed by atoms with E-state index in [9.17, 15) is 14.4 Å². The van der Waals surface area contributed by atoms with Gasteiger partial charge in [-0.05, 0) is 49.7 Å². The Balaban J connectivity index is 1.18. The lowest BCUT2D eigenvalue weighted by Gasteiger charge is -2.36. The van der Waals surface area contributed by atoms with E-state index in [0.29, 0.717) is 44.0 Å². The second-order valence-corrected chi connectivity index (χ2v) is 9.70. The largest absolute Gasteiger partial charge is 0.467 e. The van der Waals surface area contributed by atoms with Gasteiger partial charge in [0.25, 0.3) is 5.91 Å². The summed E-state index contributed by atoms with van der Waals surface area (Å²) >= 11 is 0. The summed E-state index contributed by atoms with van der Waals surface area (Å²) < 4.78 is 10.2. The number of para-hydroxylation sites is 1. The van der Waals surface area contributed by atoms with E-state index in [2.05, 4.69) is 15.5 Å². The summed E-state index contributed by atoms with van der Waals surface area (Å²) in [5, 5.41) is 7.69. The molecular formula is C26H31N5O5. The smallest absolute Gasteiger partial charge is 0.328 e. The maximum absolute atomic E-state index is 13.1. The maximum atomic E-state index is 13.1. The van der Waals surface area contributed by atoms with Crippen LogP contribution in [0, 0.1) is 5.92 Å². The minimum atomic E-state index is -0.833. The number of methoxy groups -OCH3 is 1. The van der Waals surface area contributed by atoms with Crippen LogP contribution in [0.15, 0.2) is 41.1 Å². The van der Waals surface area contributed by atoms with Gasteiger partial charge in [0.05, 0.1) is 13.2 Å². The number of aromatic nitrogens is 2. The summed E-state index contributed by atoms with van der Waals surface area (Å²) in [6.07, 6.45) is 5.48. The summed E-state index contributed by atoms with van der Waals surface area (Å²) in [5.41, 5.74) is 8.47. The molecule has 2 amide bonds. The number of amides is 2. The third-order valence-electron chi connectivity index (χ3n) is 7.24. The minimum absolute atomic E-state index is 0.118. The van der Waals surface area contributed by atoms with Gasteiger partial charge in [-0.3, -0.25) is 9.59 Å². The van der Waals surface area contributed by atoms with E-state index in [1.54, 1.807) is 11.0 Å². The Morgan fingerprint density at radius 3 is 2.69 bits per heavy atom. The number of H-pyrrole nitrogens is 1. The number of rotatable bonds is 8. The number of hydrogen-bond acceptors (Lipinski definition) is 7. The van der Waals surface area contributed by atoms with Crippen molar-refractivity contribution < 1.29 is 23.6 Å². The molecule has 0 radical (unpaired) electrons. The van der Waals surface area contributed by atoms with Crippen molar-refractivity contribution in [2.45, 2.75) is 50.1 Å². The maximum Gasteiger partial charge on any atom is 0.328 e. The number of ether oxygens (including phenoxy) is 1. The topological polar surface area (TPSA) is 144 Å². The monoisotopic (exact) mass is 493 g/mol. The number of carbonyl (C=O) groups excluding carboxylic acids is 3. The van der Waals surface area contributed by atoms with Crippen LogP contribution in [-0.2, 0) is 20.7 Å². The normalized spacial score (nSPS) is 18.1. The fraction of sp³-hybridized carbons (Fsp3) is 0.462. The molecular weight excluding hydrogens is 462 g/mol. The molecule has 0 bridgehead atoms. The minimum Gasteiger partial charge on any atom is -0.467 e. The molecule has 2 atom stereocenters. The predicted octanol–water partition coefficient (Wildman–Crippen LogP) is 2.11. The quantitative estimate of drug-likeness (QED) is 0.408. The van der Waals surface area contributed by atoms with Crippen LogP contribution in [0.5, 0.6) is 0 Å². The van der Waals surface area contributed by atoms with Crippen LogP contribution in [0.4, 0.5) is 0 Å². The van der Waals surface area contributed by atoms with Crippen LogP contribution in [0.2, 0.25) is 0 Å². The molecule has 190 valence electrons. The highest BCUT2D eigenvalue weighted by Crippen LogP contribution is 2.40. The first-order valence-electron chi connectivity index (χ1n) is 12.4. The lowest BCUT2D eigenvalue weighted by molar-refractivity contribution is -0.145. The summed E-state index contributed by atoms with van der Waals surface area (Å²) in [7, 11) is 1.30. The molecule has 10 nitrogen and oxygen atoms in total. The van der Waals surface area contributed by atoms with Gasteiger partial charge < -0.3 is 30.2 Å². The molecule has 1 saturated carbocycles. The third kappa shape index (κ3) is 4.99. The molecule has 2 fully saturated rings. The average Bonchev–Trinajstić information content (AvgIpc) is 3.50. The number of likely N-dealkylation sites (tertiary alicyclic amines) is 1. The number of nitrogens with zero attached hydrogens (tertiary/aromatic N) is 2. The highest BCUT2D eigenvalue weighted by molar-refractivity contribution is 5.95. The summed E-state index contributed by atoms with van der Waals surface area (Å²) in [5.74, 6) is -0.252. The fourth-order valence-corrected chi connectivity index (χ4v) is 4.98. The van der Waals surface area contributed by atoms with E-state index in [1.165, 1.54) is 7.11 Å². The van der Waals surface area contributed by atoms with E-state index in [4.69, 9.17) is 15.0 Å². The first-order valence-corrected chi connectivity index (χ1v) is 12.4. The molecule has 4 N–H and O–H groups in total. The Morgan fingerprint density at radius 2 is 1.97 bits per heavy atom. The van der Waals surface area contributed by atoms with Crippen molar-refractivity contribution in [3.8, 4) is 0 Å². The highest BCUT2D eigenvalue weighted by Gasteiger charge is 2.36. The van der Waals surface area contributed by atoms with Gasteiger partial charge in [-0.1, -0.05) is 23.4 Å². The van der Waals surface area contributed by atoms with Crippen molar-refractivity contribution in [3.05, 3.63) is 53.5 Å². The van der Waals surface area contributed by atoms with Gasteiger partial charge in [0.2, 0.25) is 5.91 Å². The first kappa shape index (κ1) is 24.1. The number of fused-ring (bicyclic) bond motifs is 1. The second-order valence-electron chi connectivity index (χ2n) is 9.70. The fourth-order valence-electron chi connectivity index (χ4n) is 4.98. The number of hydrogen-bond donors (Lipinski definition) is 3. The van der Waals surface area contributed by atoms with E-state index < -0.39 is 24.0 Å². The van der Waals surface area contributed by atoms with Crippen molar-refractivity contribution in [3.63, 3.8) is 0 Å². The number of piperidine rings is 1. The van der Waals surface area contributed by atoms with Crippen LogP contribution in [0.3, 0.4) is 0 Å². The van der Waals surface area contributed by atoms with E-state index in [1.807, 2.05) is 30.5 Å². The van der Waals surface area contributed by atoms with Gasteiger partial charge in [-0.2, -0.15) is 0 Å². The molecule has 1 aromatic carbocycles. The first-order chi connectivity index (χ1) is 17.4. The number of aromatic amines is 1. The summed E-state index contributed by atoms with van der Waals surface area (Å²) in [6, 6.07) is 8.06. The number of benzene rings is 1. The molecule has 36 heavy (non-hydrogen) atoms. The number of carbonyl (C=O) groups is 3. The third-order valence-corrected chi connectivity index (χ3v) is 7.24. The number of nitrogens with two attached hydrogens (primary N) is 1. The van der Waals surface area contributed by atoms with Gasteiger partial charge in [0.1, 0.15) is 11.8 Å². The van der Waals surface area contributed by atoms with E-state index in [0.717, 1.165) is 29.3 Å². The van der Waals surface area contributed by atoms with Crippen LogP contribution in [0.25, 0.3) is 10.9 Å². The Labute approximate surface area is 208 Å². The van der Waals surface area contributed by atoms with Crippen LogP contribution < -0.4 is 11.1 Å². The highest BCUT2D eigenvalue weighted by atomic mass is 16.5. The molecule has 1 aliphatic heterocycles. The zero-order valence-corrected chi connectivity index (χ0v) is 20.2. The zero-order chi connectivity index (χ0) is 25.2. The van der Waals surface area contributed by atoms with Gasteiger partial charge >= 0.3 is 5.97 Å². The molecule has 10 heteroatoms. The molecule has 2 aromatic heterocycles.